The number of hydrogen-bond donors (Lipinski definition) is 2. The van der Waals surface area contributed by atoms with Crippen LogP contribution >= 0.6 is 0 Å². The largest absolute Gasteiger partial charge is 0.495 e. The standard InChI is InChI=1S/C22H19FN2O5/c1-11(26)24-18-6-3-12(7-20(18)30-2)14-9-19-15(8-17(14)23)21(27)16(22(28)29)10-25(19)13-4-5-13/h3,6-10,13H,4-5H2,1-2H3,(H,24,26)(H,28,29). The summed E-state index contributed by atoms with van der Waals surface area (Å²) in [7, 11) is 1.44. The second-order valence-electron chi connectivity index (χ2n) is 7.26. The fourth-order valence-corrected chi connectivity index (χ4v) is 3.55. The minimum Gasteiger partial charge on any atom is -0.495 e. The lowest BCUT2D eigenvalue weighted by atomic mass is 10.0. The number of hydrogen-bond acceptors (Lipinski definition) is 4. The zero-order valence-electron chi connectivity index (χ0n) is 16.4. The molecular weight excluding hydrogens is 391 g/mol. The highest BCUT2D eigenvalue weighted by Crippen LogP contribution is 2.39. The van der Waals surface area contributed by atoms with Gasteiger partial charge in [0.15, 0.2) is 0 Å². The number of ether oxygens (including phenoxy) is 1. The number of carbonyl (C=O) groups excluding carboxylic acids is 1. The van der Waals surface area contributed by atoms with Gasteiger partial charge in [0.05, 0.1) is 18.3 Å². The predicted octanol–water partition coefficient (Wildman–Crippen LogP) is 3.81. The number of methoxy groups -OCH3 is 1. The number of carboxylic acid groups (broad SMARTS) is 1. The number of carbonyl (C=O) groups is 2. The van der Waals surface area contributed by atoms with Gasteiger partial charge in [-0.05, 0) is 42.7 Å². The van der Waals surface area contributed by atoms with Crippen LogP contribution in [0.5, 0.6) is 5.75 Å². The summed E-state index contributed by atoms with van der Waals surface area (Å²) in [6.07, 6.45) is 3.07. The van der Waals surface area contributed by atoms with Crippen LogP contribution in [0.2, 0.25) is 0 Å². The van der Waals surface area contributed by atoms with Crippen molar-refractivity contribution in [2.75, 3.05) is 12.4 Å². The summed E-state index contributed by atoms with van der Waals surface area (Å²) in [5.74, 6) is -1.89. The van der Waals surface area contributed by atoms with E-state index in [0.717, 1.165) is 18.9 Å². The Bertz CT molecular complexity index is 1260. The monoisotopic (exact) mass is 410 g/mol. The topological polar surface area (TPSA) is 97.6 Å². The highest BCUT2D eigenvalue weighted by molar-refractivity contribution is 5.95. The van der Waals surface area contributed by atoms with Crippen molar-refractivity contribution in [2.24, 2.45) is 0 Å². The number of aromatic carboxylic acids is 1. The molecule has 0 bridgehead atoms. The van der Waals surface area contributed by atoms with E-state index in [1.165, 1.54) is 20.2 Å². The molecule has 0 atom stereocenters. The van der Waals surface area contributed by atoms with E-state index >= 15 is 4.39 Å². The summed E-state index contributed by atoms with van der Waals surface area (Å²) in [6.45, 7) is 1.37. The van der Waals surface area contributed by atoms with Crippen LogP contribution < -0.4 is 15.5 Å². The van der Waals surface area contributed by atoms with Crippen molar-refractivity contribution in [1.82, 2.24) is 4.57 Å². The molecule has 3 aromatic rings. The van der Waals surface area contributed by atoms with Crippen LogP contribution in [0.25, 0.3) is 22.0 Å². The van der Waals surface area contributed by atoms with Crippen LogP contribution in [-0.4, -0.2) is 28.7 Å². The number of rotatable bonds is 5. The third kappa shape index (κ3) is 3.41. The minimum atomic E-state index is -1.33. The maximum absolute atomic E-state index is 15.0. The number of aromatic nitrogens is 1. The molecule has 8 heteroatoms. The van der Waals surface area contributed by atoms with E-state index in [4.69, 9.17) is 4.74 Å². The molecule has 0 unspecified atom stereocenters. The Hall–Kier alpha value is -3.68. The molecule has 1 saturated carbocycles. The molecule has 2 N–H and O–H groups in total. The molecule has 0 radical (unpaired) electrons. The van der Waals surface area contributed by atoms with Gasteiger partial charge in [-0.25, -0.2) is 9.18 Å². The second-order valence-corrected chi connectivity index (χ2v) is 7.26. The van der Waals surface area contributed by atoms with Crippen LogP contribution in [0.4, 0.5) is 10.1 Å². The maximum atomic E-state index is 15.0. The van der Waals surface area contributed by atoms with E-state index in [-0.39, 0.29) is 28.5 Å². The first-order chi connectivity index (χ1) is 14.3. The SMILES string of the molecule is COc1cc(-c2cc3c(cc2F)c(=O)c(C(=O)O)cn3C2CC2)ccc1NC(C)=O. The normalized spacial score (nSPS) is 13.3. The van der Waals surface area contributed by atoms with E-state index in [2.05, 4.69) is 5.32 Å². The highest BCUT2D eigenvalue weighted by Gasteiger charge is 2.27. The Morgan fingerprint density at radius 3 is 2.57 bits per heavy atom. The Balaban J connectivity index is 1.93. The molecule has 1 aliphatic rings. The summed E-state index contributed by atoms with van der Waals surface area (Å²) in [4.78, 5) is 35.4. The van der Waals surface area contributed by atoms with Crippen molar-refractivity contribution >= 4 is 28.5 Å². The van der Waals surface area contributed by atoms with E-state index < -0.39 is 17.2 Å². The molecule has 1 heterocycles. The van der Waals surface area contributed by atoms with Crippen molar-refractivity contribution < 1.29 is 23.8 Å². The zero-order valence-corrected chi connectivity index (χ0v) is 16.4. The van der Waals surface area contributed by atoms with Crippen molar-refractivity contribution in [2.45, 2.75) is 25.8 Å². The molecule has 154 valence electrons. The quantitative estimate of drug-likeness (QED) is 0.667. The number of pyridine rings is 1. The van der Waals surface area contributed by atoms with Gasteiger partial charge in [-0.2, -0.15) is 0 Å². The Morgan fingerprint density at radius 2 is 1.97 bits per heavy atom. The first-order valence-electron chi connectivity index (χ1n) is 9.38. The van der Waals surface area contributed by atoms with Gasteiger partial charge in [-0.15, -0.1) is 0 Å². The molecule has 0 spiro atoms. The fraction of sp³-hybridized carbons (Fsp3) is 0.227. The average Bonchev–Trinajstić information content (AvgIpc) is 3.53. The molecule has 1 aliphatic carbocycles. The number of fused-ring (bicyclic) bond motifs is 1. The van der Waals surface area contributed by atoms with Gasteiger partial charge in [0, 0.05) is 30.1 Å². The van der Waals surface area contributed by atoms with Gasteiger partial charge in [-0.3, -0.25) is 9.59 Å². The van der Waals surface area contributed by atoms with Crippen LogP contribution in [0.15, 0.2) is 41.3 Å². The van der Waals surface area contributed by atoms with Crippen LogP contribution in [0.3, 0.4) is 0 Å². The van der Waals surface area contributed by atoms with Gasteiger partial charge in [0.25, 0.3) is 0 Å². The molecule has 7 nitrogen and oxygen atoms in total. The second kappa shape index (κ2) is 7.29. The Morgan fingerprint density at radius 1 is 1.23 bits per heavy atom. The van der Waals surface area contributed by atoms with Crippen LogP contribution in [0.1, 0.15) is 36.2 Å². The minimum absolute atomic E-state index is 0.0323. The van der Waals surface area contributed by atoms with Gasteiger partial charge < -0.3 is 19.7 Å². The number of benzene rings is 2. The van der Waals surface area contributed by atoms with E-state index in [0.29, 0.717) is 22.5 Å². The average molecular weight is 410 g/mol. The van der Waals surface area contributed by atoms with E-state index in [1.807, 2.05) is 0 Å². The number of halogens is 1. The summed E-state index contributed by atoms with van der Waals surface area (Å²) in [5, 5.41) is 12.0. The number of anilines is 1. The summed E-state index contributed by atoms with van der Waals surface area (Å²) in [6, 6.07) is 7.58. The zero-order chi connectivity index (χ0) is 21.6. The molecular formula is C22H19FN2O5. The van der Waals surface area contributed by atoms with Gasteiger partial charge in [0.1, 0.15) is 17.1 Å². The number of nitrogens with zero attached hydrogens (tertiary/aromatic N) is 1. The predicted molar refractivity (Wildman–Crippen MR) is 110 cm³/mol. The molecule has 4 rings (SSSR count). The van der Waals surface area contributed by atoms with E-state index in [9.17, 15) is 19.5 Å². The van der Waals surface area contributed by atoms with Gasteiger partial charge >= 0.3 is 5.97 Å². The Kier molecular flexibility index (Phi) is 4.77. The Labute approximate surface area is 170 Å². The molecule has 0 aliphatic heterocycles. The smallest absolute Gasteiger partial charge is 0.341 e. The number of carboxylic acids is 1. The molecule has 1 aromatic heterocycles. The van der Waals surface area contributed by atoms with Crippen molar-refractivity contribution in [3.8, 4) is 16.9 Å². The molecule has 1 amide bonds. The lowest BCUT2D eigenvalue weighted by molar-refractivity contribution is -0.114. The number of nitrogens with one attached hydrogen (secondary N) is 1. The van der Waals surface area contributed by atoms with Crippen molar-refractivity contribution in [3.63, 3.8) is 0 Å². The fourth-order valence-electron chi connectivity index (χ4n) is 3.55. The summed E-state index contributed by atoms with van der Waals surface area (Å²) >= 11 is 0. The molecule has 30 heavy (non-hydrogen) atoms. The molecule has 0 saturated heterocycles. The molecule has 1 fully saturated rings. The van der Waals surface area contributed by atoms with Crippen molar-refractivity contribution in [1.29, 1.82) is 0 Å². The van der Waals surface area contributed by atoms with E-state index in [1.54, 1.807) is 28.8 Å². The number of amides is 1. The maximum Gasteiger partial charge on any atom is 0.341 e. The summed E-state index contributed by atoms with van der Waals surface area (Å²) < 4.78 is 22.1. The van der Waals surface area contributed by atoms with Crippen molar-refractivity contribution in [3.05, 3.63) is 58.1 Å². The highest BCUT2D eigenvalue weighted by atomic mass is 19.1. The lowest BCUT2D eigenvalue weighted by Crippen LogP contribution is -2.19. The third-order valence-electron chi connectivity index (χ3n) is 5.11. The first kappa shape index (κ1) is 19.6. The first-order valence-corrected chi connectivity index (χ1v) is 9.38. The van der Waals surface area contributed by atoms with Crippen LogP contribution in [-0.2, 0) is 4.79 Å². The lowest BCUT2D eigenvalue weighted by Gasteiger charge is -2.15. The van der Waals surface area contributed by atoms with Crippen LogP contribution in [0, 0.1) is 5.82 Å². The third-order valence-corrected chi connectivity index (χ3v) is 5.11. The summed E-state index contributed by atoms with van der Waals surface area (Å²) in [5.41, 5.74) is 0.593. The molecule has 2 aromatic carbocycles. The van der Waals surface area contributed by atoms with Gasteiger partial charge in [-0.1, -0.05) is 6.07 Å². The van der Waals surface area contributed by atoms with Gasteiger partial charge in [0.2, 0.25) is 11.3 Å².